The second-order valence-corrected chi connectivity index (χ2v) is 5.63. The van der Waals surface area contributed by atoms with Crippen LogP contribution in [-0.2, 0) is 4.79 Å². The van der Waals surface area contributed by atoms with Crippen molar-refractivity contribution in [2.45, 2.75) is 20.8 Å². The number of benzene rings is 1. The van der Waals surface area contributed by atoms with Crippen molar-refractivity contribution in [1.29, 1.82) is 0 Å². The van der Waals surface area contributed by atoms with Gasteiger partial charge in [0.2, 0.25) is 5.91 Å². The van der Waals surface area contributed by atoms with Crippen LogP contribution in [0.1, 0.15) is 18.1 Å². The van der Waals surface area contributed by atoms with Crippen molar-refractivity contribution in [3.8, 4) is 0 Å². The van der Waals surface area contributed by atoms with Gasteiger partial charge in [0.1, 0.15) is 0 Å². The van der Waals surface area contributed by atoms with Gasteiger partial charge < -0.3 is 9.80 Å². The van der Waals surface area contributed by atoms with Gasteiger partial charge in [0.25, 0.3) is 0 Å². The van der Waals surface area contributed by atoms with E-state index in [1.54, 1.807) is 0 Å². The van der Waals surface area contributed by atoms with Crippen LogP contribution in [0.4, 0.5) is 5.69 Å². The minimum atomic E-state index is 0.206. The number of carbonyl (C=O) groups excluding carboxylic acids is 1. The summed E-state index contributed by atoms with van der Waals surface area (Å²) < 4.78 is 0. The van der Waals surface area contributed by atoms with Gasteiger partial charge in [0, 0.05) is 36.9 Å². The van der Waals surface area contributed by atoms with E-state index in [0.717, 1.165) is 36.2 Å². The number of anilines is 1. The Kier molecular flexibility index (Phi) is 3.53. The number of hydrogen-bond donors (Lipinski definition) is 0. The molecule has 4 nitrogen and oxygen atoms in total. The summed E-state index contributed by atoms with van der Waals surface area (Å²) in [4.78, 5) is 20.7. The van der Waals surface area contributed by atoms with E-state index in [1.165, 1.54) is 11.1 Å². The Bertz CT molecular complexity index is 696. The predicted molar refractivity (Wildman–Crippen MR) is 85.7 cm³/mol. The van der Waals surface area contributed by atoms with E-state index in [-0.39, 0.29) is 5.91 Å². The van der Waals surface area contributed by atoms with Crippen molar-refractivity contribution < 1.29 is 4.79 Å². The lowest BCUT2D eigenvalue weighted by Crippen LogP contribution is -2.50. The first kappa shape index (κ1) is 13.9. The lowest BCUT2D eigenvalue weighted by molar-refractivity contribution is -0.130. The summed E-state index contributed by atoms with van der Waals surface area (Å²) in [7, 11) is 0. The summed E-state index contributed by atoms with van der Waals surface area (Å²) in [6.45, 7) is 9.17. The summed E-state index contributed by atoms with van der Waals surface area (Å²) in [6.07, 6.45) is 1.85. The molecule has 2 aromatic rings. The molecule has 1 aliphatic heterocycles. The molecular formula is C17H21N3O. The zero-order valence-corrected chi connectivity index (χ0v) is 12.9. The predicted octanol–water partition coefficient (Wildman–Crippen LogP) is 2.52. The molecule has 0 radical (unpaired) electrons. The van der Waals surface area contributed by atoms with Crippen LogP contribution in [0.2, 0.25) is 0 Å². The number of pyridine rings is 1. The first-order valence-corrected chi connectivity index (χ1v) is 7.49. The number of hydrogen-bond acceptors (Lipinski definition) is 3. The Labute approximate surface area is 125 Å². The maximum Gasteiger partial charge on any atom is 0.242 e. The molecule has 3 rings (SSSR count). The van der Waals surface area contributed by atoms with Crippen molar-refractivity contribution in [1.82, 2.24) is 9.88 Å². The number of piperazine rings is 1. The third-order valence-electron chi connectivity index (χ3n) is 4.45. The van der Waals surface area contributed by atoms with Gasteiger partial charge in [-0.05, 0) is 38.0 Å². The Balaban J connectivity index is 2.02. The molecule has 110 valence electrons. The van der Waals surface area contributed by atoms with Crippen LogP contribution in [0, 0.1) is 13.8 Å². The van der Waals surface area contributed by atoms with E-state index in [0.29, 0.717) is 6.54 Å². The summed E-state index contributed by atoms with van der Waals surface area (Å²) in [5, 5.41) is 1.14. The number of fused-ring (bicyclic) bond motifs is 1. The summed E-state index contributed by atoms with van der Waals surface area (Å²) in [5.41, 5.74) is 4.62. The van der Waals surface area contributed by atoms with Gasteiger partial charge in [-0.2, -0.15) is 0 Å². The van der Waals surface area contributed by atoms with Crippen molar-refractivity contribution in [2.24, 2.45) is 0 Å². The number of amides is 1. The van der Waals surface area contributed by atoms with E-state index < -0.39 is 0 Å². The standard InChI is InChI=1S/C17H21N3O/c1-4-19-9-10-20(11-16(19)21)15-7-8-18-17-13(3)12(2)5-6-14(15)17/h5-8H,4,9-11H2,1-3H3. The highest BCUT2D eigenvalue weighted by atomic mass is 16.2. The lowest BCUT2D eigenvalue weighted by Gasteiger charge is -2.35. The van der Waals surface area contributed by atoms with E-state index in [1.807, 2.05) is 24.1 Å². The summed E-state index contributed by atoms with van der Waals surface area (Å²) in [5.74, 6) is 0.206. The number of rotatable bonds is 2. The van der Waals surface area contributed by atoms with Crippen molar-refractivity contribution in [2.75, 3.05) is 31.1 Å². The van der Waals surface area contributed by atoms with Crippen molar-refractivity contribution in [3.63, 3.8) is 0 Å². The average molecular weight is 283 g/mol. The number of likely N-dealkylation sites (N-methyl/N-ethyl adjacent to an activating group) is 1. The molecule has 0 unspecified atom stereocenters. The molecule has 4 heteroatoms. The Hall–Kier alpha value is -2.10. The lowest BCUT2D eigenvalue weighted by atomic mass is 10.0. The quantitative estimate of drug-likeness (QED) is 0.849. The molecule has 0 bridgehead atoms. The van der Waals surface area contributed by atoms with E-state index in [4.69, 9.17) is 0 Å². The number of nitrogens with zero attached hydrogens (tertiary/aromatic N) is 3. The number of aryl methyl sites for hydroxylation is 2. The second-order valence-electron chi connectivity index (χ2n) is 5.63. The van der Waals surface area contributed by atoms with E-state index in [2.05, 4.69) is 35.9 Å². The second kappa shape index (κ2) is 5.35. The molecule has 0 aliphatic carbocycles. The minimum Gasteiger partial charge on any atom is -0.360 e. The molecule has 0 spiro atoms. The zero-order chi connectivity index (χ0) is 15.0. The zero-order valence-electron chi connectivity index (χ0n) is 12.9. The molecule has 1 amide bonds. The molecule has 1 fully saturated rings. The average Bonchev–Trinajstić information content (AvgIpc) is 2.50. The van der Waals surface area contributed by atoms with Gasteiger partial charge in [-0.1, -0.05) is 12.1 Å². The monoisotopic (exact) mass is 283 g/mol. The Morgan fingerprint density at radius 2 is 2.00 bits per heavy atom. The van der Waals surface area contributed by atoms with Crippen LogP contribution in [0.25, 0.3) is 10.9 Å². The molecule has 1 aromatic heterocycles. The maximum atomic E-state index is 12.1. The highest BCUT2D eigenvalue weighted by Crippen LogP contribution is 2.29. The van der Waals surface area contributed by atoms with Gasteiger partial charge in [0.15, 0.2) is 0 Å². The van der Waals surface area contributed by atoms with Crippen LogP contribution in [0.5, 0.6) is 0 Å². The van der Waals surface area contributed by atoms with Gasteiger partial charge in [-0.25, -0.2) is 0 Å². The normalized spacial score (nSPS) is 15.9. The third-order valence-corrected chi connectivity index (χ3v) is 4.45. The Morgan fingerprint density at radius 1 is 1.19 bits per heavy atom. The first-order chi connectivity index (χ1) is 10.1. The molecule has 0 N–H and O–H groups in total. The summed E-state index contributed by atoms with van der Waals surface area (Å²) >= 11 is 0. The first-order valence-electron chi connectivity index (χ1n) is 7.49. The smallest absolute Gasteiger partial charge is 0.242 e. The van der Waals surface area contributed by atoms with Crippen LogP contribution in [0.15, 0.2) is 24.4 Å². The largest absolute Gasteiger partial charge is 0.360 e. The van der Waals surface area contributed by atoms with Crippen molar-refractivity contribution >= 4 is 22.5 Å². The Morgan fingerprint density at radius 3 is 2.71 bits per heavy atom. The molecule has 0 saturated carbocycles. The van der Waals surface area contributed by atoms with Gasteiger partial charge in [-0.15, -0.1) is 0 Å². The third kappa shape index (κ3) is 2.35. The molecule has 2 heterocycles. The summed E-state index contributed by atoms with van der Waals surface area (Å²) in [6, 6.07) is 6.27. The SMILES string of the molecule is CCN1CCN(c2ccnc3c(C)c(C)ccc23)CC1=O. The van der Waals surface area contributed by atoms with Crippen LogP contribution in [-0.4, -0.2) is 42.0 Å². The van der Waals surface area contributed by atoms with Crippen LogP contribution in [0.3, 0.4) is 0 Å². The van der Waals surface area contributed by atoms with Gasteiger partial charge in [-0.3, -0.25) is 9.78 Å². The highest BCUT2D eigenvalue weighted by molar-refractivity contribution is 5.96. The molecule has 1 saturated heterocycles. The maximum absolute atomic E-state index is 12.1. The van der Waals surface area contributed by atoms with Gasteiger partial charge >= 0.3 is 0 Å². The topological polar surface area (TPSA) is 36.4 Å². The fraction of sp³-hybridized carbons (Fsp3) is 0.412. The molecule has 1 aromatic carbocycles. The van der Waals surface area contributed by atoms with Crippen LogP contribution >= 0.6 is 0 Å². The fourth-order valence-corrected chi connectivity index (χ4v) is 2.97. The molecule has 0 atom stereocenters. The molecular weight excluding hydrogens is 262 g/mol. The van der Waals surface area contributed by atoms with Crippen LogP contribution < -0.4 is 4.90 Å². The molecule has 21 heavy (non-hydrogen) atoms. The van der Waals surface area contributed by atoms with E-state index in [9.17, 15) is 4.79 Å². The fourth-order valence-electron chi connectivity index (χ4n) is 2.97. The molecule has 1 aliphatic rings. The van der Waals surface area contributed by atoms with Crippen molar-refractivity contribution in [3.05, 3.63) is 35.5 Å². The number of aromatic nitrogens is 1. The van der Waals surface area contributed by atoms with E-state index >= 15 is 0 Å². The highest BCUT2D eigenvalue weighted by Gasteiger charge is 2.24. The van der Waals surface area contributed by atoms with Gasteiger partial charge in [0.05, 0.1) is 12.1 Å². The number of carbonyl (C=O) groups is 1. The minimum absolute atomic E-state index is 0.206.